The number of nitrogens with zero attached hydrogens (tertiary/aromatic N) is 2. The Morgan fingerprint density at radius 3 is 2.50 bits per heavy atom. The van der Waals surface area contributed by atoms with Crippen molar-refractivity contribution in [3.63, 3.8) is 0 Å². The molecule has 0 amide bonds. The van der Waals surface area contributed by atoms with Crippen molar-refractivity contribution in [3.05, 3.63) is 53.7 Å². The second-order valence-electron chi connectivity index (χ2n) is 6.99. The van der Waals surface area contributed by atoms with Crippen molar-refractivity contribution < 1.29 is 8.42 Å². The normalized spacial score (nSPS) is 16.2. The van der Waals surface area contributed by atoms with Crippen LogP contribution in [0, 0.1) is 0 Å². The fourth-order valence-electron chi connectivity index (χ4n) is 3.40. The maximum atomic E-state index is 11.9. The molecule has 6 heteroatoms. The molecule has 0 spiro atoms. The van der Waals surface area contributed by atoms with Crippen molar-refractivity contribution in [1.82, 2.24) is 9.88 Å². The van der Waals surface area contributed by atoms with Crippen LogP contribution in [0.4, 0.5) is 5.82 Å². The van der Waals surface area contributed by atoms with Gasteiger partial charge in [-0.05, 0) is 49.2 Å². The van der Waals surface area contributed by atoms with E-state index >= 15 is 0 Å². The number of pyridine rings is 1. The van der Waals surface area contributed by atoms with E-state index in [4.69, 9.17) is 0 Å². The first-order chi connectivity index (χ1) is 12.5. The second-order valence-corrected chi connectivity index (χ2v) is 8.97. The number of sulfone groups is 1. The van der Waals surface area contributed by atoms with Gasteiger partial charge in [0.15, 0.2) is 9.84 Å². The lowest BCUT2D eigenvalue weighted by molar-refractivity contribution is 0.277. The summed E-state index contributed by atoms with van der Waals surface area (Å²) in [5.74, 6) is 0.410. The van der Waals surface area contributed by atoms with Crippen molar-refractivity contribution in [2.24, 2.45) is 0 Å². The smallest absolute Gasteiger partial charge is 0.179 e. The van der Waals surface area contributed by atoms with Crippen LogP contribution in [0.25, 0.3) is 0 Å². The Labute approximate surface area is 156 Å². The lowest BCUT2D eigenvalue weighted by Crippen LogP contribution is -2.24. The number of hydrogen-bond donors (Lipinski definition) is 1. The summed E-state index contributed by atoms with van der Waals surface area (Å²) in [6.45, 7) is 3.88. The van der Waals surface area contributed by atoms with Gasteiger partial charge >= 0.3 is 0 Å². The molecule has 1 aliphatic rings. The number of aromatic nitrogens is 1. The predicted octanol–water partition coefficient (Wildman–Crippen LogP) is 3.47. The number of rotatable bonds is 6. The van der Waals surface area contributed by atoms with Crippen LogP contribution in [0.3, 0.4) is 0 Å². The van der Waals surface area contributed by atoms with Crippen molar-refractivity contribution >= 4 is 15.7 Å². The summed E-state index contributed by atoms with van der Waals surface area (Å²) in [4.78, 5) is 6.95. The summed E-state index contributed by atoms with van der Waals surface area (Å²) in [6, 6.07) is 11.7. The highest BCUT2D eigenvalue weighted by molar-refractivity contribution is 7.90. The van der Waals surface area contributed by atoms with E-state index in [1.165, 1.54) is 50.6 Å². The van der Waals surface area contributed by atoms with E-state index in [1.807, 2.05) is 0 Å². The van der Waals surface area contributed by atoms with E-state index in [-0.39, 0.29) is 4.90 Å². The van der Waals surface area contributed by atoms with E-state index in [9.17, 15) is 8.42 Å². The number of anilines is 1. The number of nitrogens with one attached hydrogen (secondary N) is 1. The van der Waals surface area contributed by atoms with Gasteiger partial charge in [0.2, 0.25) is 0 Å². The van der Waals surface area contributed by atoms with Gasteiger partial charge in [0.25, 0.3) is 0 Å². The Morgan fingerprint density at radius 2 is 1.77 bits per heavy atom. The lowest BCUT2D eigenvalue weighted by atomic mass is 10.1. The van der Waals surface area contributed by atoms with Gasteiger partial charge in [-0.25, -0.2) is 13.4 Å². The van der Waals surface area contributed by atoms with Crippen LogP contribution in [-0.2, 0) is 22.9 Å². The summed E-state index contributed by atoms with van der Waals surface area (Å²) in [6.07, 6.45) is 8.06. The van der Waals surface area contributed by atoms with E-state index < -0.39 is 9.84 Å². The quantitative estimate of drug-likeness (QED) is 0.840. The van der Waals surface area contributed by atoms with Gasteiger partial charge in [-0.1, -0.05) is 37.1 Å². The minimum absolute atomic E-state index is 0.237. The second kappa shape index (κ2) is 8.64. The molecule has 1 saturated heterocycles. The summed E-state index contributed by atoms with van der Waals surface area (Å²) in [5.41, 5.74) is 2.43. The van der Waals surface area contributed by atoms with Crippen molar-refractivity contribution in [2.45, 2.75) is 43.7 Å². The van der Waals surface area contributed by atoms with Gasteiger partial charge < -0.3 is 5.32 Å². The number of benzene rings is 1. The molecule has 1 fully saturated rings. The average Bonchev–Trinajstić information content (AvgIpc) is 2.88. The molecule has 0 saturated carbocycles. The van der Waals surface area contributed by atoms with Crippen molar-refractivity contribution in [2.75, 3.05) is 24.7 Å². The van der Waals surface area contributed by atoms with Gasteiger partial charge in [-0.3, -0.25) is 4.90 Å². The molecule has 0 radical (unpaired) electrons. The van der Waals surface area contributed by atoms with E-state index in [1.54, 1.807) is 18.3 Å². The van der Waals surface area contributed by atoms with Crippen LogP contribution in [0.1, 0.15) is 36.8 Å². The first-order valence-corrected chi connectivity index (χ1v) is 11.1. The van der Waals surface area contributed by atoms with E-state index in [2.05, 4.69) is 39.5 Å². The Balaban J connectivity index is 1.66. The maximum absolute atomic E-state index is 11.9. The zero-order valence-corrected chi connectivity index (χ0v) is 16.1. The van der Waals surface area contributed by atoms with E-state index in [0.717, 1.165) is 12.1 Å². The molecule has 1 aromatic carbocycles. The zero-order valence-electron chi connectivity index (χ0n) is 15.3. The number of likely N-dealkylation sites (tertiary alicyclic amines) is 1. The lowest BCUT2D eigenvalue weighted by Gasteiger charge is -2.20. The molecule has 0 bridgehead atoms. The molecule has 3 rings (SSSR count). The van der Waals surface area contributed by atoms with Crippen LogP contribution in [0.15, 0.2) is 47.5 Å². The third-order valence-corrected chi connectivity index (χ3v) is 5.85. The largest absolute Gasteiger partial charge is 0.365 e. The van der Waals surface area contributed by atoms with Crippen molar-refractivity contribution in [3.8, 4) is 0 Å². The van der Waals surface area contributed by atoms with Crippen LogP contribution in [0.2, 0.25) is 0 Å². The fourth-order valence-corrected chi connectivity index (χ4v) is 4.20. The summed E-state index contributed by atoms with van der Waals surface area (Å²) < 4.78 is 23.8. The molecule has 0 aliphatic carbocycles. The van der Waals surface area contributed by atoms with Crippen LogP contribution in [0.5, 0.6) is 0 Å². The average molecular weight is 374 g/mol. The molecule has 0 atom stereocenters. The Morgan fingerprint density at radius 1 is 1.04 bits per heavy atom. The molecule has 1 aromatic heterocycles. The standard InChI is InChI=1S/C20H27N3O2S/c1-26(24,25)19-10-7-11-21-20(19)22-15-17-8-6-9-18(14-17)16-23-12-4-2-3-5-13-23/h6-11,14H,2-5,12-13,15-16H2,1H3,(H,21,22). The third kappa shape index (κ3) is 5.29. The molecule has 26 heavy (non-hydrogen) atoms. The Hall–Kier alpha value is -1.92. The zero-order chi connectivity index (χ0) is 18.4. The highest BCUT2D eigenvalue weighted by Gasteiger charge is 2.14. The van der Waals surface area contributed by atoms with Gasteiger partial charge in [0.05, 0.1) is 0 Å². The summed E-state index contributed by atoms with van der Waals surface area (Å²) in [7, 11) is -3.30. The molecule has 2 aromatic rings. The van der Waals surface area contributed by atoms with Gasteiger partial charge in [-0.2, -0.15) is 0 Å². The first-order valence-electron chi connectivity index (χ1n) is 9.21. The number of hydrogen-bond acceptors (Lipinski definition) is 5. The van der Waals surface area contributed by atoms with Crippen LogP contribution < -0.4 is 5.32 Å². The molecule has 5 nitrogen and oxygen atoms in total. The first kappa shape index (κ1) is 18.9. The summed E-state index contributed by atoms with van der Waals surface area (Å²) >= 11 is 0. The minimum Gasteiger partial charge on any atom is -0.365 e. The van der Waals surface area contributed by atoms with Crippen LogP contribution >= 0.6 is 0 Å². The molecular formula is C20H27N3O2S. The Kier molecular flexibility index (Phi) is 6.27. The highest BCUT2D eigenvalue weighted by Crippen LogP contribution is 2.19. The van der Waals surface area contributed by atoms with Gasteiger partial charge in [0, 0.05) is 25.5 Å². The van der Waals surface area contributed by atoms with Crippen LogP contribution in [-0.4, -0.2) is 37.6 Å². The molecular weight excluding hydrogens is 346 g/mol. The summed E-state index contributed by atoms with van der Waals surface area (Å²) in [5, 5.41) is 3.17. The van der Waals surface area contributed by atoms with Gasteiger partial charge in [0.1, 0.15) is 10.7 Å². The molecule has 0 unspecified atom stereocenters. The monoisotopic (exact) mass is 373 g/mol. The van der Waals surface area contributed by atoms with E-state index in [0.29, 0.717) is 12.4 Å². The third-order valence-electron chi connectivity index (χ3n) is 4.73. The maximum Gasteiger partial charge on any atom is 0.179 e. The fraction of sp³-hybridized carbons (Fsp3) is 0.450. The Bertz CT molecular complexity index is 828. The minimum atomic E-state index is -3.30. The SMILES string of the molecule is CS(=O)(=O)c1cccnc1NCc1cccc(CN2CCCCCC2)c1. The van der Waals surface area contributed by atoms with Gasteiger partial charge in [-0.15, -0.1) is 0 Å². The molecule has 1 N–H and O–H groups in total. The predicted molar refractivity (Wildman–Crippen MR) is 105 cm³/mol. The van der Waals surface area contributed by atoms with Crippen molar-refractivity contribution in [1.29, 1.82) is 0 Å². The topological polar surface area (TPSA) is 62.3 Å². The highest BCUT2D eigenvalue weighted by atomic mass is 32.2. The molecule has 1 aliphatic heterocycles. The molecule has 2 heterocycles. The molecule has 140 valence electrons.